The van der Waals surface area contributed by atoms with Crippen LogP contribution in [0.5, 0.6) is 0 Å². The minimum absolute atomic E-state index is 0.232. The Kier molecular flexibility index (Phi) is 4.39. The topological polar surface area (TPSA) is 54.4 Å². The van der Waals surface area contributed by atoms with Gasteiger partial charge in [-0.25, -0.2) is 5.43 Å². The van der Waals surface area contributed by atoms with Gasteiger partial charge in [-0.05, 0) is 47.7 Å². The summed E-state index contributed by atoms with van der Waals surface area (Å²) < 4.78 is 0. The van der Waals surface area contributed by atoms with Crippen molar-refractivity contribution in [3.05, 3.63) is 113 Å². The van der Waals surface area contributed by atoms with Crippen LogP contribution in [0.4, 0.5) is 0 Å². The van der Waals surface area contributed by atoms with Gasteiger partial charge in [0.25, 0.3) is 5.91 Å². The SMILES string of the molecule is CC(=NNC(=O)c1cnc2ccccc2c1)[C@H]1CC2c3ccccc3C1c1ccccc12. The van der Waals surface area contributed by atoms with Gasteiger partial charge in [-0.2, -0.15) is 5.10 Å². The van der Waals surface area contributed by atoms with E-state index in [-0.39, 0.29) is 17.7 Å². The van der Waals surface area contributed by atoms with Gasteiger partial charge in [-0.3, -0.25) is 9.78 Å². The van der Waals surface area contributed by atoms with Crippen LogP contribution in [0, 0.1) is 5.92 Å². The number of hydrogen-bond donors (Lipinski definition) is 1. The van der Waals surface area contributed by atoms with Gasteiger partial charge in [0.2, 0.25) is 0 Å². The molecule has 156 valence electrons. The van der Waals surface area contributed by atoms with E-state index in [1.165, 1.54) is 22.3 Å². The van der Waals surface area contributed by atoms with E-state index in [0.717, 1.165) is 23.0 Å². The number of pyridine rings is 1. The molecule has 4 nitrogen and oxygen atoms in total. The summed E-state index contributed by atoms with van der Waals surface area (Å²) >= 11 is 0. The molecule has 1 amide bonds. The first kappa shape index (κ1) is 18.9. The van der Waals surface area contributed by atoms with Crippen LogP contribution in [0.25, 0.3) is 10.9 Å². The fraction of sp³-hybridized carbons (Fsp3) is 0.179. The van der Waals surface area contributed by atoms with Gasteiger partial charge in [0, 0.05) is 35.0 Å². The standard InChI is InChI=1S/C28H23N3O/c1-17(30-31-28(32)19-14-18-8-2-7-13-26(18)29-16-19)24-15-25-20-9-3-5-11-22(20)27(24)23-12-6-4-10-21(23)25/h2-14,16,24-25,27H,15H2,1H3,(H,31,32)/t24-,25?,27?/m1/s1. The molecule has 1 atom stereocenters. The summed E-state index contributed by atoms with van der Waals surface area (Å²) in [5, 5.41) is 5.50. The van der Waals surface area contributed by atoms with Crippen LogP contribution in [-0.4, -0.2) is 16.6 Å². The number of aromatic nitrogens is 1. The van der Waals surface area contributed by atoms with E-state index in [4.69, 9.17) is 0 Å². The lowest BCUT2D eigenvalue weighted by Crippen LogP contribution is -2.36. The molecule has 3 aliphatic rings. The zero-order chi connectivity index (χ0) is 21.7. The Morgan fingerprint density at radius 1 is 0.906 bits per heavy atom. The highest BCUT2D eigenvalue weighted by atomic mass is 16.2. The fourth-order valence-corrected chi connectivity index (χ4v) is 5.53. The third kappa shape index (κ3) is 2.94. The van der Waals surface area contributed by atoms with E-state index in [1.807, 2.05) is 37.3 Å². The lowest BCUT2D eigenvalue weighted by molar-refractivity contribution is 0.0954. The Hall–Kier alpha value is -3.79. The normalized spacial score (nSPS) is 21.2. The molecule has 3 aliphatic carbocycles. The Labute approximate surface area is 187 Å². The second kappa shape index (κ2) is 7.41. The van der Waals surface area contributed by atoms with Crippen LogP contribution in [0.15, 0.2) is 90.2 Å². The zero-order valence-corrected chi connectivity index (χ0v) is 17.8. The number of para-hydroxylation sites is 1. The van der Waals surface area contributed by atoms with Gasteiger partial charge in [0.1, 0.15) is 0 Å². The van der Waals surface area contributed by atoms with E-state index in [1.54, 1.807) is 6.20 Å². The van der Waals surface area contributed by atoms with Crippen molar-refractivity contribution in [3.63, 3.8) is 0 Å². The number of carbonyl (C=O) groups is 1. The number of benzene rings is 3. The Bertz CT molecular complexity index is 1340. The third-order valence-electron chi connectivity index (χ3n) is 7.03. The van der Waals surface area contributed by atoms with Crippen molar-refractivity contribution in [2.45, 2.75) is 25.2 Å². The fourth-order valence-electron chi connectivity index (χ4n) is 5.53. The summed E-state index contributed by atoms with van der Waals surface area (Å²) in [6, 6.07) is 27.2. The molecular weight excluding hydrogens is 394 g/mol. The number of hydrazone groups is 1. The highest BCUT2D eigenvalue weighted by molar-refractivity contribution is 5.98. The predicted octanol–water partition coefficient (Wildman–Crippen LogP) is 5.64. The largest absolute Gasteiger partial charge is 0.272 e. The maximum absolute atomic E-state index is 12.8. The molecule has 1 heterocycles. The summed E-state index contributed by atoms with van der Waals surface area (Å²) in [6.45, 7) is 2.04. The van der Waals surface area contributed by atoms with Gasteiger partial charge in [-0.15, -0.1) is 0 Å². The number of rotatable bonds is 3. The zero-order valence-electron chi connectivity index (χ0n) is 17.8. The molecule has 0 fully saturated rings. The predicted molar refractivity (Wildman–Crippen MR) is 127 cm³/mol. The number of hydrogen-bond acceptors (Lipinski definition) is 3. The third-order valence-corrected chi connectivity index (χ3v) is 7.03. The average molecular weight is 418 g/mol. The van der Waals surface area contributed by atoms with Crippen LogP contribution >= 0.6 is 0 Å². The minimum atomic E-state index is -0.232. The van der Waals surface area contributed by atoms with E-state index in [0.29, 0.717) is 11.5 Å². The summed E-state index contributed by atoms with van der Waals surface area (Å²) in [5.41, 5.74) is 10.8. The molecule has 4 heteroatoms. The summed E-state index contributed by atoms with van der Waals surface area (Å²) in [4.78, 5) is 17.2. The van der Waals surface area contributed by atoms with Crippen LogP contribution in [0.1, 0.15) is 57.8 Å². The molecule has 4 aromatic rings. The van der Waals surface area contributed by atoms with Crippen molar-refractivity contribution < 1.29 is 4.79 Å². The van der Waals surface area contributed by atoms with Crippen molar-refractivity contribution >= 4 is 22.5 Å². The molecule has 2 bridgehead atoms. The molecule has 1 aromatic heterocycles. The highest BCUT2D eigenvalue weighted by Crippen LogP contribution is 2.55. The Morgan fingerprint density at radius 3 is 2.25 bits per heavy atom. The number of nitrogens with zero attached hydrogens (tertiary/aromatic N) is 2. The van der Waals surface area contributed by atoms with Crippen molar-refractivity contribution in [2.24, 2.45) is 11.0 Å². The maximum atomic E-state index is 12.8. The van der Waals surface area contributed by atoms with Crippen LogP contribution in [0.2, 0.25) is 0 Å². The van der Waals surface area contributed by atoms with Gasteiger partial charge in [0.15, 0.2) is 0 Å². The number of fused-ring (bicyclic) bond motifs is 2. The molecule has 0 saturated heterocycles. The van der Waals surface area contributed by atoms with Gasteiger partial charge in [0.05, 0.1) is 11.1 Å². The van der Waals surface area contributed by atoms with Crippen molar-refractivity contribution in [1.82, 2.24) is 10.4 Å². The molecular formula is C28H23N3O. The lowest BCUT2D eigenvalue weighted by Gasteiger charge is -2.45. The number of carbonyl (C=O) groups excluding carboxylic acids is 1. The lowest BCUT2D eigenvalue weighted by atomic mass is 9.58. The van der Waals surface area contributed by atoms with Crippen molar-refractivity contribution in [3.8, 4) is 0 Å². The van der Waals surface area contributed by atoms with Crippen molar-refractivity contribution in [1.29, 1.82) is 0 Å². The molecule has 7 rings (SSSR count). The van der Waals surface area contributed by atoms with Gasteiger partial charge in [-0.1, -0.05) is 66.7 Å². The second-order valence-electron chi connectivity index (χ2n) is 8.74. The quantitative estimate of drug-likeness (QED) is 0.347. The summed E-state index contributed by atoms with van der Waals surface area (Å²) in [6.07, 6.45) is 2.62. The number of nitrogens with one attached hydrogen (secondary N) is 1. The van der Waals surface area contributed by atoms with Crippen LogP contribution < -0.4 is 5.43 Å². The van der Waals surface area contributed by atoms with Gasteiger partial charge >= 0.3 is 0 Å². The molecule has 0 aliphatic heterocycles. The Morgan fingerprint density at radius 2 is 1.53 bits per heavy atom. The van der Waals surface area contributed by atoms with E-state index >= 15 is 0 Å². The molecule has 32 heavy (non-hydrogen) atoms. The summed E-state index contributed by atoms with van der Waals surface area (Å²) in [5.74, 6) is 0.683. The monoisotopic (exact) mass is 417 g/mol. The second-order valence-corrected chi connectivity index (χ2v) is 8.74. The van der Waals surface area contributed by atoms with E-state index in [2.05, 4.69) is 64.0 Å². The highest BCUT2D eigenvalue weighted by Gasteiger charge is 2.44. The van der Waals surface area contributed by atoms with E-state index < -0.39 is 0 Å². The maximum Gasteiger partial charge on any atom is 0.272 e. The molecule has 1 N–H and O–H groups in total. The first-order chi connectivity index (χ1) is 15.7. The van der Waals surface area contributed by atoms with Crippen LogP contribution in [0.3, 0.4) is 0 Å². The first-order valence-electron chi connectivity index (χ1n) is 11.1. The van der Waals surface area contributed by atoms with Crippen molar-refractivity contribution in [2.75, 3.05) is 0 Å². The molecule has 0 radical (unpaired) electrons. The molecule has 0 spiro atoms. The smallest absolute Gasteiger partial charge is 0.267 e. The average Bonchev–Trinajstić information content (AvgIpc) is 2.86. The number of amides is 1. The Balaban J connectivity index is 1.30. The molecule has 0 saturated carbocycles. The molecule has 3 aromatic carbocycles. The van der Waals surface area contributed by atoms with Gasteiger partial charge < -0.3 is 0 Å². The van der Waals surface area contributed by atoms with E-state index in [9.17, 15) is 4.79 Å². The summed E-state index contributed by atoms with van der Waals surface area (Å²) in [7, 11) is 0. The molecule has 0 unspecified atom stereocenters. The van der Waals surface area contributed by atoms with Crippen LogP contribution in [-0.2, 0) is 0 Å². The minimum Gasteiger partial charge on any atom is -0.267 e. The first-order valence-corrected chi connectivity index (χ1v) is 11.1.